The van der Waals surface area contributed by atoms with E-state index in [9.17, 15) is 14.4 Å². The Bertz CT molecular complexity index is 847. The van der Waals surface area contributed by atoms with E-state index in [0.717, 1.165) is 11.3 Å². The van der Waals surface area contributed by atoms with E-state index < -0.39 is 17.9 Å². The molecule has 0 aliphatic heterocycles. The molecule has 2 aromatic heterocycles. The van der Waals surface area contributed by atoms with Gasteiger partial charge in [-0.3, -0.25) is 4.98 Å². The minimum absolute atomic E-state index is 0.000768. The number of ether oxygens (including phenoxy) is 3. The highest BCUT2D eigenvalue weighted by molar-refractivity contribution is 7.18. The lowest BCUT2D eigenvalue weighted by Crippen LogP contribution is -2.14. The van der Waals surface area contributed by atoms with Gasteiger partial charge in [0.05, 0.1) is 25.1 Å². The quantitative estimate of drug-likeness (QED) is 0.555. The molecule has 0 bridgehead atoms. The molecule has 10 heteroatoms. The van der Waals surface area contributed by atoms with E-state index >= 15 is 0 Å². The molecule has 0 atom stereocenters. The zero-order valence-electron chi connectivity index (χ0n) is 15.1. The zero-order valence-corrected chi connectivity index (χ0v) is 15.9. The topological polar surface area (TPSA) is 131 Å². The Labute approximate surface area is 159 Å². The van der Waals surface area contributed by atoms with Crippen LogP contribution in [0.5, 0.6) is 0 Å². The lowest BCUT2D eigenvalue weighted by molar-refractivity contribution is 0.0432. The number of thiophene rings is 1. The second-order valence-corrected chi connectivity index (χ2v) is 6.26. The predicted molar refractivity (Wildman–Crippen MR) is 96.5 cm³/mol. The van der Waals surface area contributed by atoms with Crippen molar-refractivity contribution in [1.29, 1.82) is 0 Å². The van der Waals surface area contributed by atoms with Crippen LogP contribution >= 0.6 is 11.3 Å². The van der Waals surface area contributed by atoms with Gasteiger partial charge in [-0.15, -0.1) is 11.3 Å². The van der Waals surface area contributed by atoms with E-state index in [-0.39, 0.29) is 46.5 Å². The fourth-order valence-electron chi connectivity index (χ4n) is 2.12. The van der Waals surface area contributed by atoms with Crippen molar-refractivity contribution in [2.24, 2.45) is 0 Å². The van der Waals surface area contributed by atoms with E-state index in [1.54, 1.807) is 20.8 Å². The molecular weight excluding hydrogens is 374 g/mol. The van der Waals surface area contributed by atoms with Gasteiger partial charge < -0.3 is 19.9 Å². The summed E-state index contributed by atoms with van der Waals surface area (Å²) in [6.07, 6.45) is 2.70. The summed E-state index contributed by atoms with van der Waals surface area (Å²) < 4.78 is 15.2. The van der Waals surface area contributed by atoms with Gasteiger partial charge in [0.1, 0.15) is 22.0 Å². The number of esters is 3. The predicted octanol–water partition coefficient (Wildman–Crippen LogP) is 2.14. The molecule has 2 heterocycles. The smallest absolute Gasteiger partial charge is 0.358 e. The number of aromatic nitrogens is 2. The van der Waals surface area contributed by atoms with Gasteiger partial charge in [0.15, 0.2) is 5.69 Å². The van der Waals surface area contributed by atoms with E-state index in [2.05, 4.69) is 9.97 Å². The Balaban J connectivity index is 2.31. The van der Waals surface area contributed by atoms with Gasteiger partial charge in [-0.2, -0.15) is 0 Å². The third-order valence-corrected chi connectivity index (χ3v) is 4.35. The van der Waals surface area contributed by atoms with Crippen LogP contribution in [0.4, 0.5) is 5.00 Å². The summed E-state index contributed by atoms with van der Waals surface area (Å²) in [5, 5.41) is 0.0812. The van der Waals surface area contributed by atoms with E-state index in [1.807, 2.05) is 0 Å². The van der Waals surface area contributed by atoms with Crippen molar-refractivity contribution in [3.8, 4) is 0 Å². The maximum Gasteiger partial charge on any atom is 0.358 e. The average Bonchev–Trinajstić information content (AvgIpc) is 2.97. The van der Waals surface area contributed by atoms with Gasteiger partial charge in [0, 0.05) is 11.8 Å². The fourth-order valence-corrected chi connectivity index (χ4v) is 3.08. The maximum absolute atomic E-state index is 12.2. The van der Waals surface area contributed by atoms with Crippen LogP contribution in [-0.2, 0) is 20.8 Å². The molecule has 9 nitrogen and oxygen atoms in total. The Morgan fingerprint density at radius 2 is 1.67 bits per heavy atom. The number of anilines is 1. The van der Waals surface area contributed by atoms with Gasteiger partial charge in [0.2, 0.25) is 0 Å². The van der Waals surface area contributed by atoms with Crippen LogP contribution in [0, 0.1) is 6.92 Å². The number of nitrogens with two attached hydrogens (primary N) is 1. The van der Waals surface area contributed by atoms with Crippen molar-refractivity contribution in [1.82, 2.24) is 9.97 Å². The van der Waals surface area contributed by atoms with Crippen molar-refractivity contribution in [2.75, 3.05) is 18.9 Å². The van der Waals surface area contributed by atoms with Crippen molar-refractivity contribution >= 4 is 34.2 Å². The first kappa shape index (κ1) is 20.3. The third-order valence-electron chi connectivity index (χ3n) is 3.31. The van der Waals surface area contributed by atoms with Gasteiger partial charge in [0.25, 0.3) is 0 Å². The fraction of sp³-hybridized carbons (Fsp3) is 0.353. The van der Waals surface area contributed by atoms with Crippen LogP contribution < -0.4 is 5.73 Å². The van der Waals surface area contributed by atoms with Crippen LogP contribution in [0.25, 0.3) is 0 Å². The van der Waals surface area contributed by atoms with Crippen LogP contribution in [0.2, 0.25) is 0 Å². The molecule has 0 saturated carbocycles. The summed E-state index contributed by atoms with van der Waals surface area (Å²) in [7, 11) is 0. The van der Waals surface area contributed by atoms with Crippen molar-refractivity contribution in [2.45, 2.75) is 27.4 Å². The Morgan fingerprint density at radius 1 is 1.00 bits per heavy atom. The minimum atomic E-state index is -0.753. The Morgan fingerprint density at radius 3 is 2.26 bits per heavy atom. The van der Waals surface area contributed by atoms with E-state index in [4.69, 9.17) is 19.9 Å². The molecule has 0 radical (unpaired) electrons. The molecule has 0 unspecified atom stereocenters. The molecule has 0 fully saturated rings. The average molecular weight is 393 g/mol. The number of carbonyl (C=O) groups excluding carboxylic acids is 3. The maximum atomic E-state index is 12.2. The van der Waals surface area contributed by atoms with Gasteiger partial charge in [-0.25, -0.2) is 19.4 Å². The van der Waals surface area contributed by atoms with Crippen LogP contribution in [0.3, 0.4) is 0 Å². The number of rotatable bonds is 7. The Hall–Kier alpha value is -3.01. The molecule has 0 spiro atoms. The molecule has 0 saturated heterocycles. The first-order valence-electron chi connectivity index (χ1n) is 8.10. The summed E-state index contributed by atoms with van der Waals surface area (Å²) in [5.41, 5.74) is 6.67. The normalized spacial score (nSPS) is 10.3. The molecule has 0 aromatic carbocycles. The number of carbonyl (C=O) groups is 3. The third kappa shape index (κ3) is 4.79. The number of hydrogen-bond donors (Lipinski definition) is 1. The number of nitrogen functional groups attached to an aromatic ring is 1. The van der Waals surface area contributed by atoms with Crippen LogP contribution in [-0.4, -0.2) is 41.1 Å². The summed E-state index contributed by atoms with van der Waals surface area (Å²) in [6, 6.07) is 0. The summed E-state index contributed by atoms with van der Waals surface area (Å²) >= 11 is 0.876. The zero-order chi connectivity index (χ0) is 20.0. The molecule has 0 amide bonds. The number of nitrogens with zero attached hydrogens (tertiary/aromatic N) is 2. The summed E-state index contributed by atoms with van der Waals surface area (Å²) in [6.45, 7) is 4.92. The SMILES string of the molecule is CCOC(=O)c1sc(N)c(C(=O)OCC)c1COC(=O)c1cnc(C)cn1. The van der Waals surface area contributed by atoms with Gasteiger partial charge in [-0.05, 0) is 20.8 Å². The number of hydrogen-bond acceptors (Lipinski definition) is 10. The lowest BCUT2D eigenvalue weighted by atomic mass is 10.1. The van der Waals surface area contributed by atoms with E-state index in [0.29, 0.717) is 5.69 Å². The highest BCUT2D eigenvalue weighted by atomic mass is 32.1. The second kappa shape index (κ2) is 9.08. The second-order valence-electron chi connectivity index (χ2n) is 5.21. The highest BCUT2D eigenvalue weighted by Crippen LogP contribution is 2.33. The summed E-state index contributed by atoms with van der Waals surface area (Å²) in [4.78, 5) is 44.5. The van der Waals surface area contributed by atoms with Crippen molar-refractivity contribution in [3.05, 3.63) is 39.8 Å². The van der Waals surface area contributed by atoms with Crippen molar-refractivity contribution < 1.29 is 28.6 Å². The lowest BCUT2D eigenvalue weighted by Gasteiger charge is -2.08. The molecule has 2 rings (SSSR count). The summed E-state index contributed by atoms with van der Waals surface area (Å²) in [5.74, 6) is -2.12. The van der Waals surface area contributed by atoms with Crippen LogP contribution in [0.1, 0.15) is 55.6 Å². The van der Waals surface area contributed by atoms with Crippen LogP contribution in [0.15, 0.2) is 12.4 Å². The minimum Gasteiger partial charge on any atom is -0.462 e. The van der Waals surface area contributed by atoms with E-state index in [1.165, 1.54) is 12.4 Å². The van der Waals surface area contributed by atoms with Gasteiger partial charge in [-0.1, -0.05) is 0 Å². The standard InChI is InChI=1S/C17H19N3O6S/c1-4-24-16(22)12-10(13(27-14(12)18)17(23)25-5-2)8-26-15(21)11-7-19-9(3)6-20-11/h6-7H,4-5,8,18H2,1-3H3. The Kier molecular flexibility index (Phi) is 6.83. The highest BCUT2D eigenvalue weighted by Gasteiger charge is 2.28. The first-order chi connectivity index (χ1) is 12.9. The monoisotopic (exact) mass is 393 g/mol. The van der Waals surface area contributed by atoms with Gasteiger partial charge >= 0.3 is 17.9 Å². The largest absolute Gasteiger partial charge is 0.462 e. The van der Waals surface area contributed by atoms with Crippen molar-refractivity contribution in [3.63, 3.8) is 0 Å². The molecule has 144 valence electrons. The molecule has 0 aliphatic rings. The molecule has 0 aliphatic carbocycles. The molecule has 2 N–H and O–H groups in total. The first-order valence-corrected chi connectivity index (χ1v) is 8.91. The molecular formula is C17H19N3O6S. The number of aryl methyl sites for hydroxylation is 1. The molecule has 2 aromatic rings. The molecule has 27 heavy (non-hydrogen) atoms.